The van der Waals surface area contributed by atoms with Crippen LogP contribution in [0.4, 0.5) is 5.69 Å². The molecule has 0 radical (unpaired) electrons. The largest absolute Gasteiger partial charge is 0.452 e. The first kappa shape index (κ1) is 19.0. The van der Waals surface area contributed by atoms with Crippen LogP contribution in [0, 0.1) is 13.8 Å². The van der Waals surface area contributed by atoms with E-state index in [4.69, 9.17) is 16.3 Å². The van der Waals surface area contributed by atoms with Crippen LogP contribution >= 0.6 is 11.6 Å². The van der Waals surface area contributed by atoms with Crippen LogP contribution in [0.5, 0.6) is 0 Å². The Hall–Kier alpha value is -2.34. The van der Waals surface area contributed by atoms with Crippen molar-refractivity contribution in [3.63, 3.8) is 0 Å². The normalized spacial score (nSPS) is 10.6. The number of hydrogen-bond acceptors (Lipinski definition) is 4. The topological polar surface area (TPSA) is 73.2 Å². The van der Waals surface area contributed by atoms with E-state index in [1.165, 1.54) is 0 Å². The lowest BCUT2D eigenvalue weighted by molar-refractivity contribution is -0.119. The van der Waals surface area contributed by atoms with Crippen molar-refractivity contribution < 1.29 is 14.3 Å². The summed E-state index contributed by atoms with van der Waals surface area (Å²) in [7, 11) is 0. The molecule has 1 aromatic carbocycles. The van der Waals surface area contributed by atoms with Crippen LogP contribution in [0.1, 0.15) is 41.4 Å². The minimum absolute atomic E-state index is 0.209. The Morgan fingerprint density at radius 1 is 1.32 bits per heavy atom. The van der Waals surface area contributed by atoms with Crippen LogP contribution in [0.2, 0.25) is 5.15 Å². The van der Waals surface area contributed by atoms with Gasteiger partial charge in [0.05, 0.1) is 5.69 Å². The third kappa shape index (κ3) is 5.06. The van der Waals surface area contributed by atoms with Crippen LogP contribution in [-0.4, -0.2) is 28.3 Å². The van der Waals surface area contributed by atoms with Crippen LogP contribution < -0.4 is 5.32 Å². The second kappa shape index (κ2) is 8.67. The molecule has 0 unspecified atom stereocenters. The Kier molecular flexibility index (Phi) is 6.58. The standard InChI is InChI=1S/C18H22ClN3O3/c1-4-5-9-22-17(19)16(13(3)21-22)18(24)25-11-15(23)20-14-8-6-7-12(2)10-14/h6-8,10H,4-5,9,11H2,1-3H3,(H,20,23). The molecule has 25 heavy (non-hydrogen) atoms. The predicted octanol–water partition coefficient (Wildman–Crippen LogP) is 3.75. The molecule has 1 aromatic heterocycles. The minimum atomic E-state index is -0.648. The summed E-state index contributed by atoms with van der Waals surface area (Å²) in [5, 5.41) is 7.18. The number of halogens is 1. The Morgan fingerprint density at radius 3 is 2.76 bits per heavy atom. The molecule has 2 rings (SSSR count). The van der Waals surface area contributed by atoms with Crippen molar-refractivity contribution in [2.24, 2.45) is 0 Å². The Labute approximate surface area is 152 Å². The highest BCUT2D eigenvalue weighted by atomic mass is 35.5. The van der Waals surface area contributed by atoms with Gasteiger partial charge < -0.3 is 10.1 Å². The van der Waals surface area contributed by atoms with Crippen molar-refractivity contribution in [2.45, 2.75) is 40.2 Å². The van der Waals surface area contributed by atoms with Gasteiger partial charge in [-0.1, -0.05) is 37.1 Å². The van der Waals surface area contributed by atoms with Crippen LogP contribution in [0.15, 0.2) is 24.3 Å². The predicted molar refractivity (Wildman–Crippen MR) is 97.0 cm³/mol. The molecular weight excluding hydrogens is 342 g/mol. The van der Waals surface area contributed by atoms with E-state index in [0.29, 0.717) is 17.9 Å². The van der Waals surface area contributed by atoms with Crippen LogP contribution in [-0.2, 0) is 16.1 Å². The summed E-state index contributed by atoms with van der Waals surface area (Å²) in [6.07, 6.45) is 1.91. The minimum Gasteiger partial charge on any atom is -0.452 e. The molecule has 1 N–H and O–H groups in total. The summed E-state index contributed by atoms with van der Waals surface area (Å²) >= 11 is 6.22. The fourth-order valence-corrected chi connectivity index (χ4v) is 2.70. The third-order valence-electron chi connectivity index (χ3n) is 3.63. The summed E-state index contributed by atoms with van der Waals surface area (Å²) < 4.78 is 6.67. The molecule has 0 saturated heterocycles. The number of aryl methyl sites for hydroxylation is 3. The van der Waals surface area contributed by atoms with Gasteiger partial charge in [0.1, 0.15) is 10.7 Å². The number of rotatable bonds is 7. The molecule has 2 aromatic rings. The zero-order valence-electron chi connectivity index (χ0n) is 14.6. The Bertz CT molecular complexity index is 771. The molecule has 0 aliphatic heterocycles. The number of carbonyl (C=O) groups excluding carboxylic acids is 2. The van der Waals surface area contributed by atoms with Crippen LogP contribution in [0.3, 0.4) is 0 Å². The highest BCUT2D eigenvalue weighted by Gasteiger charge is 2.22. The van der Waals surface area contributed by atoms with E-state index in [2.05, 4.69) is 17.3 Å². The van der Waals surface area contributed by atoms with Gasteiger partial charge in [-0.15, -0.1) is 0 Å². The third-order valence-corrected chi connectivity index (χ3v) is 4.01. The number of aromatic nitrogens is 2. The second-order valence-electron chi connectivity index (χ2n) is 5.82. The Balaban J connectivity index is 1.96. The number of unbranched alkanes of at least 4 members (excludes halogenated alkanes) is 1. The molecule has 0 bridgehead atoms. The maximum absolute atomic E-state index is 12.2. The fraction of sp³-hybridized carbons (Fsp3) is 0.389. The lowest BCUT2D eigenvalue weighted by Crippen LogP contribution is -2.21. The van der Waals surface area contributed by atoms with Crippen LogP contribution in [0.25, 0.3) is 0 Å². The molecule has 0 saturated carbocycles. The molecule has 1 amide bonds. The summed E-state index contributed by atoms with van der Waals surface area (Å²) in [5.41, 5.74) is 2.38. The smallest absolute Gasteiger partial charge is 0.343 e. The van der Waals surface area contributed by atoms with E-state index in [9.17, 15) is 9.59 Å². The van der Waals surface area contributed by atoms with Gasteiger partial charge in [-0.05, 0) is 38.0 Å². The molecule has 7 heteroatoms. The van der Waals surface area contributed by atoms with E-state index in [1.807, 2.05) is 25.1 Å². The monoisotopic (exact) mass is 363 g/mol. The van der Waals surface area contributed by atoms with Gasteiger partial charge in [0.25, 0.3) is 5.91 Å². The molecule has 6 nitrogen and oxygen atoms in total. The fourth-order valence-electron chi connectivity index (χ4n) is 2.36. The number of nitrogens with zero attached hydrogens (tertiary/aromatic N) is 2. The van der Waals surface area contributed by atoms with Gasteiger partial charge in [0.2, 0.25) is 0 Å². The number of carbonyl (C=O) groups is 2. The van der Waals surface area contributed by atoms with Crippen molar-refractivity contribution in [3.8, 4) is 0 Å². The summed E-state index contributed by atoms with van der Waals surface area (Å²) in [5.74, 6) is -1.06. The number of esters is 1. The number of anilines is 1. The van der Waals surface area contributed by atoms with Crippen molar-refractivity contribution in [1.82, 2.24) is 9.78 Å². The lowest BCUT2D eigenvalue weighted by Gasteiger charge is -2.07. The van der Waals surface area contributed by atoms with Crippen molar-refractivity contribution in [3.05, 3.63) is 46.2 Å². The Morgan fingerprint density at radius 2 is 2.08 bits per heavy atom. The first-order chi connectivity index (χ1) is 11.9. The zero-order chi connectivity index (χ0) is 18.4. The van der Waals surface area contributed by atoms with Crippen molar-refractivity contribution in [2.75, 3.05) is 11.9 Å². The van der Waals surface area contributed by atoms with E-state index in [-0.39, 0.29) is 17.3 Å². The van der Waals surface area contributed by atoms with Gasteiger partial charge in [0, 0.05) is 12.2 Å². The van der Waals surface area contributed by atoms with Crippen molar-refractivity contribution in [1.29, 1.82) is 0 Å². The molecular formula is C18H22ClN3O3. The highest BCUT2D eigenvalue weighted by Crippen LogP contribution is 2.21. The molecule has 0 atom stereocenters. The van der Waals surface area contributed by atoms with Gasteiger partial charge >= 0.3 is 5.97 Å². The van der Waals surface area contributed by atoms with Crippen molar-refractivity contribution >= 4 is 29.2 Å². The molecule has 0 aliphatic carbocycles. The average molecular weight is 364 g/mol. The number of amides is 1. The van der Waals surface area contributed by atoms with Gasteiger partial charge in [-0.3, -0.25) is 9.48 Å². The molecule has 0 spiro atoms. The van der Waals surface area contributed by atoms with Gasteiger partial charge in [-0.2, -0.15) is 5.10 Å². The lowest BCUT2D eigenvalue weighted by atomic mass is 10.2. The zero-order valence-corrected chi connectivity index (χ0v) is 15.4. The maximum Gasteiger partial charge on any atom is 0.343 e. The number of ether oxygens (including phenoxy) is 1. The SMILES string of the molecule is CCCCn1nc(C)c(C(=O)OCC(=O)Nc2cccc(C)c2)c1Cl. The first-order valence-electron chi connectivity index (χ1n) is 8.19. The highest BCUT2D eigenvalue weighted by molar-refractivity contribution is 6.32. The molecule has 0 aliphatic rings. The summed E-state index contributed by atoms with van der Waals surface area (Å²) in [6, 6.07) is 7.37. The van der Waals surface area contributed by atoms with E-state index < -0.39 is 11.9 Å². The quantitative estimate of drug-likeness (QED) is 0.760. The number of hydrogen-bond donors (Lipinski definition) is 1. The van der Waals surface area contributed by atoms with Gasteiger partial charge in [-0.25, -0.2) is 4.79 Å². The maximum atomic E-state index is 12.2. The summed E-state index contributed by atoms with van der Waals surface area (Å²) in [6.45, 7) is 5.93. The first-order valence-corrected chi connectivity index (χ1v) is 8.56. The van der Waals surface area contributed by atoms with E-state index in [0.717, 1.165) is 18.4 Å². The molecule has 1 heterocycles. The van der Waals surface area contributed by atoms with E-state index in [1.54, 1.807) is 17.7 Å². The molecule has 0 fully saturated rings. The van der Waals surface area contributed by atoms with Gasteiger partial charge in [0.15, 0.2) is 6.61 Å². The summed E-state index contributed by atoms with van der Waals surface area (Å²) in [4.78, 5) is 24.2. The number of nitrogens with one attached hydrogen (secondary N) is 1. The average Bonchev–Trinajstić information content (AvgIpc) is 2.84. The van der Waals surface area contributed by atoms with E-state index >= 15 is 0 Å². The second-order valence-corrected chi connectivity index (χ2v) is 6.18. The number of benzene rings is 1. The molecule has 134 valence electrons.